The molecular formula is C14H22N6. The number of imidazole rings is 1. The van der Waals surface area contributed by atoms with Gasteiger partial charge >= 0.3 is 0 Å². The van der Waals surface area contributed by atoms with E-state index in [0.29, 0.717) is 5.82 Å². The lowest BCUT2D eigenvalue weighted by Gasteiger charge is -2.36. The normalized spacial score (nSPS) is 17.9. The average molecular weight is 274 g/mol. The van der Waals surface area contributed by atoms with E-state index in [1.807, 2.05) is 10.6 Å². The molecule has 1 aliphatic carbocycles. The van der Waals surface area contributed by atoms with Crippen LogP contribution in [0.5, 0.6) is 0 Å². The van der Waals surface area contributed by atoms with Gasteiger partial charge in [-0.3, -0.25) is 0 Å². The van der Waals surface area contributed by atoms with Gasteiger partial charge in [0.2, 0.25) is 0 Å². The molecule has 6 nitrogen and oxygen atoms in total. The van der Waals surface area contributed by atoms with Crippen LogP contribution in [0.3, 0.4) is 0 Å². The van der Waals surface area contributed by atoms with Crippen molar-refractivity contribution in [2.45, 2.75) is 31.2 Å². The van der Waals surface area contributed by atoms with Gasteiger partial charge in [0.25, 0.3) is 0 Å². The van der Waals surface area contributed by atoms with E-state index in [1.165, 1.54) is 25.7 Å². The molecule has 2 aromatic rings. The number of nitrogen functional groups attached to an aromatic ring is 1. The topological polar surface area (TPSA) is 71.5 Å². The lowest BCUT2D eigenvalue weighted by Crippen LogP contribution is -2.47. The molecule has 6 heteroatoms. The van der Waals surface area contributed by atoms with Gasteiger partial charge in [0.1, 0.15) is 5.82 Å². The van der Waals surface area contributed by atoms with Crippen LogP contribution in [-0.4, -0.2) is 45.4 Å². The highest BCUT2D eigenvalue weighted by Gasteiger charge is 2.35. The summed E-state index contributed by atoms with van der Waals surface area (Å²) in [6.45, 7) is 0.874. The summed E-state index contributed by atoms with van der Waals surface area (Å²) in [6, 6.07) is 0. The van der Waals surface area contributed by atoms with Gasteiger partial charge in [-0.1, -0.05) is 12.8 Å². The summed E-state index contributed by atoms with van der Waals surface area (Å²) in [5, 5.41) is 3.46. The first kappa shape index (κ1) is 13.2. The number of aromatic nitrogens is 3. The molecule has 1 aliphatic rings. The van der Waals surface area contributed by atoms with Crippen molar-refractivity contribution >= 4 is 17.3 Å². The molecule has 2 aromatic heterocycles. The quantitative estimate of drug-likeness (QED) is 0.886. The second-order valence-electron chi connectivity index (χ2n) is 5.85. The summed E-state index contributed by atoms with van der Waals surface area (Å²) in [5.74, 6) is 1.27. The van der Waals surface area contributed by atoms with Crippen molar-refractivity contribution in [3.63, 3.8) is 0 Å². The monoisotopic (exact) mass is 274 g/mol. The van der Waals surface area contributed by atoms with E-state index in [0.717, 1.165) is 18.0 Å². The Morgan fingerprint density at radius 3 is 2.85 bits per heavy atom. The molecule has 0 bridgehead atoms. The maximum absolute atomic E-state index is 5.85. The van der Waals surface area contributed by atoms with E-state index in [1.54, 1.807) is 12.4 Å². The molecule has 1 saturated carbocycles. The first-order valence-electron chi connectivity index (χ1n) is 7.11. The number of rotatable bonds is 4. The first-order chi connectivity index (χ1) is 9.61. The van der Waals surface area contributed by atoms with Crippen LogP contribution in [0.1, 0.15) is 25.7 Å². The number of hydrogen-bond acceptors (Lipinski definition) is 5. The molecule has 20 heavy (non-hydrogen) atoms. The van der Waals surface area contributed by atoms with E-state index in [-0.39, 0.29) is 5.54 Å². The second-order valence-corrected chi connectivity index (χ2v) is 5.85. The molecule has 0 atom stereocenters. The SMILES string of the molecule is CN(C)C1(CNc2nc(N)cn3ccnc23)CCCC1. The fourth-order valence-corrected chi connectivity index (χ4v) is 3.13. The van der Waals surface area contributed by atoms with E-state index in [9.17, 15) is 0 Å². The highest BCUT2D eigenvalue weighted by Crippen LogP contribution is 2.34. The van der Waals surface area contributed by atoms with Gasteiger partial charge < -0.3 is 20.4 Å². The third-order valence-corrected chi connectivity index (χ3v) is 4.46. The Bertz CT molecular complexity index is 597. The molecule has 3 rings (SSSR count). The fraction of sp³-hybridized carbons (Fsp3) is 0.571. The average Bonchev–Trinajstić information content (AvgIpc) is 3.04. The minimum atomic E-state index is 0.218. The van der Waals surface area contributed by atoms with Crippen molar-refractivity contribution in [3.05, 3.63) is 18.6 Å². The number of anilines is 2. The van der Waals surface area contributed by atoms with Crippen molar-refractivity contribution < 1.29 is 0 Å². The van der Waals surface area contributed by atoms with Crippen LogP contribution in [0.15, 0.2) is 18.6 Å². The Morgan fingerprint density at radius 1 is 1.40 bits per heavy atom. The minimum absolute atomic E-state index is 0.218. The largest absolute Gasteiger partial charge is 0.382 e. The van der Waals surface area contributed by atoms with Crippen LogP contribution >= 0.6 is 0 Å². The van der Waals surface area contributed by atoms with Crippen LogP contribution < -0.4 is 11.1 Å². The van der Waals surface area contributed by atoms with E-state index in [4.69, 9.17) is 5.73 Å². The predicted octanol–water partition coefficient (Wildman–Crippen LogP) is 1.60. The standard InChI is InChI=1S/C14H22N6/c1-19(2)14(5-3-4-6-14)10-17-12-13-16-7-8-20(13)9-11(15)18-12/h7-9H,3-6,10,15H2,1-2H3,(H,17,18). The molecule has 108 valence electrons. The van der Waals surface area contributed by atoms with E-state index < -0.39 is 0 Å². The zero-order valence-electron chi connectivity index (χ0n) is 12.1. The fourth-order valence-electron chi connectivity index (χ4n) is 3.13. The smallest absolute Gasteiger partial charge is 0.180 e. The van der Waals surface area contributed by atoms with Crippen LogP contribution in [0.2, 0.25) is 0 Å². The molecule has 3 N–H and O–H groups in total. The maximum atomic E-state index is 5.85. The van der Waals surface area contributed by atoms with E-state index in [2.05, 4.69) is 34.3 Å². The van der Waals surface area contributed by atoms with Gasteiger partial charge in [0.05, 0.1) is 6.20 Å². The summed E-state index contributed by atoms with van der Waals surface area (Å²) >= 11 is 0. The van der Waals surface area contributed by atoms with Crippen molar-refractivity contribution in [1.29, 1.82) is 0 Å². The molecular weight excluding hydrogens is 252 g/mol. The van der Waals surface area contributed by atoms with Gasteiger partial charge in [-0.2, -0.15) is 0 Å². The first-order valence-corrected chi connectivity index (χ1v) is 7.11. The van der Waals surface area contributed by atoms with Crippen LogP contribution in [0, 0.1) is 0 Å². The number of nitrogens with two attached hydrogens (primary N) is 1. The third kappa shape index (κ3) is 2.20. The molecule has 0 saturated heterocycles. The molecule has 0 spiro atoms. The lowest BCUT2D eigenvalue weighted by atomic mass is 9.96. The Kier molecular flexibility index (Phi) is 3.25. The zero-order chi connectivity index (χ0) is 14.2. The van der Waals surface area contributed by atoms with Crippen molar-refractivity contribution in [1.82, 2.24) is 19.3 Å². The van der Waals surface area contributed by atoms with Gasteiger partial charge in [-0.15, -0.1) is 0 Å². The Labute approximate surface area is 119 Å². The zero-order valence-corrected chi connectivity index (χ0v) is 12.1. The van der Waals surface area contributed by atoms with Crippen LogP contribution in [0.4, 0.5) is 11.6 Å². The van der Waals surface area contributed by atoms with Crippen LogP contribution in [0.25, 0.3) is 5.65 Å². The molecule has 0 radical (unpaired) electrons. The number of nitrogens with zero attached hydrogens (tertiary/aromatic N) is 4. The summed E-state index contributed by atoms with van der Waals surface area (Å²) in [4.78, 5) is 11.1. The highest BCUT2D eigenvalue weighted by molar-refractivity contribution is 5.64. The van der Waals surface area contributed by atoms with Crippen molar-refractivity contribution in [2.75, 3.05) is 31.7 Å². The van der Waals surface area contributed by atoms with Gasteiger partial charge in [0, 0.05) is 24.5 Å². The summed E-state index contributed by atoms with van der Waals surface area (Å²) < 4.78 is 1.90. The Morgan fingerprint density at radius 2 is 2.15 bits per heavy atom. The van der Waals surface area contributed by atoms with Gasteiger partial charge in [-0.25, -0.2) is 9.97 Å². The number of hydrogen-bond donors (Lipinski definition) is 2. The summed E-state index contributed by atoms with van der Waals surface area (Å²) in [7, 11) is 4.32. The summed E-state index contributed by atoms with van der Waals surface area (Å²) in [6.07, 6.45) is 10.5. The Balaban J connectivity index is 1.84. The van der Waals surface area contributed by atoms with Crippen molar-refractivity contribution in [2.24, 2.45) is 0 Å². The van der Waals surface area contributed by atoms with E-state index >= 15 is 0 Å². The van der Waals surface area contributed by atoms with Gasteiger partial charge in [-0.05, 0) is 26.9 Å². The number of likely N-dealkylation sites (N-methyl/N-ethyl adjacent to an activating group) is 1. The predicted molar refractivity (Wildman–Crippen MR) is 80.8 cm³/mol. The Hall–Kier alpha value is -1.82. The second kappa shape index (κ2) is 4.94. The molecule has 0 unspecified atom stereocenters. The lowest BCUT2D eigenvalue weighted by molar-refractivity contribution is 0.172. The summed E-state index contributed by atoms with van der Waals surface area (Å²) in [5.41, 5.74) is 6.89. The van der Waals surface area contributed by atoms with Crippen LogP contribution in [-0.2, 0) is 0 Å². The third-order valence-electron chi connectivity index (χ3n) is 4.46. The minimum Gasteiger partial charge on any atom is -0.382 e. The molecule has 0 amide bonds. The molecule has 0 aromatic carbocycles. The number of nitrogens with one attached hydrogen (secondary N) is 1. The molecule has 1 fully saturated rings. The molecule has 2 heterocycles. The number of fused-ring (bicyclic) bond motifs is 1. The van der Waals surface area contributed by atoms with Crippen molar-refractivity contribution in [3.8, 4) is 0 Å². The highest BCUT2D eigenvalue weighted by atomic mass is 15.2. The maximum Gasteiger partial charge on any atom is 0.180 e. The van der Waals surface area contributed by atoms with Gasteiger partial charge in [0.15, 0.2) is 11.5 Å². The molecule has 0 aliphatic heterocycles.